The van der Waals surface area contributed by atoms with E-state index >= 15 is 0 Å². The summed E-state index contributed by atoms with van der Waals surface area (Å²) in [6.07, 6.45) is 0. The minimum atomic E-state index is -0.340. The summed E-state index contributed by atoms with van der Waals surface area (Å²) in [5.41, 5.74) is 1.69. The minimum Gasteiger partial charge on any atom is -0.380 e. The van der Waals surface area contributed by atoms with Crippen molar-refractivity contribution >= 4 is 44.8 Å². The van der Waals surface area contributed by atoms with Gasteiger partial charge in [-0.1, -0.05) is 29.3 Å². The SMILES string of the molecule is Fc1ccc(CNc2cc(Cl)ccc2Br)c(Cl)c1. The molecule has 94 valence electrons. The van der Waals surface area contributed by atoms with Crippen LogP contribution in [0.3, 0.4) is 0 Å². The summed E-state index contributed by atoms with van der Waals surface area (Å²) in [6.45, 7) is 0.498. The molecule has 2 rings (SSSR count). The van der Waals surface area contributed by atoms with E-state index in [4.69, 9.17) is 23.2 Å². The predicted molar refractivity (Wildman–Crippen MR) is 77.9 cm³/mol. The van der Waals surface area contributed by atoms with E-state index < -0.39 is 0 Å². The van der Waals surface area contributed by atoms with Crippen molar-refractivity contribution < 1.29 is 4.39 Å². The van der Waals surface area contributed by atoms with E-state index in [1.165, 1.54) is 12.1 Å². The molecule has 0 heterocycles. The summed E-state index contributed by atoms with van der Waals surface area (Å²) in [5, 5.41) is 4.24. The molecule has 2 aromatic carbocycles. The molecule has 0 atom stereocenters. The zero-order chi connectivity index (χ0) is 13.1. The van der Waals surface area contributed by atoms with Crippen molar-refractivity contribution in [3.8, 4) is 0 Å². The van der Waals surface area contributed by atoms with Gasteiger partial charge in [0.05, 0.1) is 5.69 Å². The zero-order valence-electron chi connectivity index (χ0n) is 9.18. The number of hydrogen-bond acceptors (Lipinski definition) is 1. The molecule has 0 aromatic heterocycles. The Labute approximate surface area is 123 Å². The molecular formula is C13H9BrCl2FN. The van der Waals surface area contributed by atoms with Crippen molar-refractivity contribution in [2.24, 2.45) is 0 Å². The van der Waals surface area contributed by atoms with Gasteiger partial charge in [0.25, 0.3) is 0 Å². The summed E-state index contributed by atoms with van der Waals surface area (Å²) >= 11 is 15.3. The highest BCUT2D eigenvalue weighted by molar-refractivity contribution is 9.10. The van der Waals surface area contributed by atoms with E-state index in [-0.39, 0.29) is 5.82 Å². The average Bonchev–Trinajstić information content (AvgIpc) is 2.32. The molecule has 0 saturated carbocycles. The summed E-state index contributed by atoms with van der Waals surface area (Å²) in [4.78, 5) is 0. The van der Waals surface area contributed by atoms with Gasteiger partial charge in [-0.2, -0.15) is 0 Å². The van der Waals surface area contributed by atoms with Crippen molar-refractivity contribution in [1.29, 1.82) is 0 Å². The fraction of sp³-hybridized carbons (Fsp3) is 0.0769. The van der Waals surface area contributed by atoms with E-state index in [9.17, 15) is 4.39 Å². The first kappa shape index (κ1) is 13.7. The van der Waals surface area contributed by atoms with Crippen LogP contribution in [0.15, 0.2) is 40.9 Å². The minimum absolute atomic E-state index is 0.340. The van der Waals surface area contributed by atoms with Crippen LogP contribution in [0.5, 0.6) is 0 Å². The van der Waals surface area contributed by atoms with E-state index in [1.807, 2.05) is 12.1 Å². The maximum Gasteiger partial charge on any atom is 0.124 e. The monoisotopic (exact) mass is 347 g/mol. The van der Waals surface area contributed by atoms with Gasteiger partial charge in [-0.25, -0.2) is 4.39 Å². The van der Waals surface area contributed by atoms with Gasteiger partial charge >= 0.3 is 0 Å². The van der Waals surface area contributed by atoms with Gasteiger partial charge in [0, 0.05) is 21.1 Å². The van der Waals surface area contributed by atoms with Crippen LogP contribution in [0.25, 0.3) is 0 Å². The zero-order valence-corrected chi connectivity index (χ0v) is 12.3. The summed E-state index contributed by atoms with van der Waals surface area (Å²) in [6, 6.07) is 9.80. The molecule has 0 saturated heterocycles. The summed E-state index contributed by atoms with van der Waals surface area (Å²) in [7, 11) is 0. The fourth-order valence-electron chi connectivity index (χ4n) is 1.49. The Hall–Kier alpha value is -0.770. The van der Waals surface area contributed by atoms with Crippen LogP contribution in [0.1, 0.15) is 5.56 Å². The molecule has 0 unspecified atom stereocenters. The third-order valence-electron chi connectivity index (χ3n) is 2.41. The van der Waals surface area contributed by atoms with Gasteiger partial charge in [-0.15, -0.1) is 0 Å². The van der Waals surface area contributed by atoms with E-state index in [2.05, 4.69) is 21.2 Å². The fourth-order valence-corrected chi connectivity index (χ4v) is 2.28. The first-order chi connectivity index (χ1) is 8.56. The Balaban J connectivity index is 2.13. The second-order valence-corrected chi connectivity index (χ2v) is 5.41. The topological polar surface area (TPSA) is 12.0 Å². The summed E-state index contributed by atoms with van der Waals surface area (Å²) < 4.78 is 13.8. The number of halogens is 4. The van der Waals surface area contributed by atoms with Crippen molar-refractivity contribution in [2.75, 3.05) is 5.32 Å². The maximum absolute atomic E-state index is 12.9. The van der Waals surface area contributed by atoms with Gasteiger partial charge in [-0.3, -0.25) is 0 Å². The van der Waals surface area contributed by atoms with Gasteiger partial charge in [0.2, 0.25) is 0 Å². The van der Waals surface area contributed by atoms with Crippen LogP contribution < -0.4 is 5.32 Å². The first-order valence-corrected chi connectivity index (χ1v) is 6.74. The third kappa shape index (κ3) is 3.37. The number of anilines is 1. The molecule has 0 aliphatic heterocycles. The van der Waals surface area contributed by atoms with Gasteiger partial charge in [-0.05, 0) is 51.8 Å². The largest absolute Gasteiger partial charge is 0.380 e. The molecular weight excluding hydrogens is 340 g/mol. The quantitative estimate of drug-likeness (QED) is 0.771. The van der Waals surface area contributed by atoms with E-state index in [0.29, 0.717) is 16.6 Å². The third-order valence-corrected chi connectivity index (χ3v) is 3.69. The molecule has 0 spiro atoms. The Bertz CT molecular complexity index is 575. The van der Waals surface area contributed by atoms with Crippen molar-refractivity contribution in [1.82, 2.24) is 0 Å². The predicted octanol–water partition coefficient (Wildman–Crippen LogP) is 5.51. The number of rotatable bonds is 3. The highest BCUT2D eigenvalue weighted by Crippen LogP contribution is 2.27. The Kier molecular flexibility index (Phi) is 4.49. The normalized spacial score (nSPS) is 10.4. The Morgan fingerprint density at radius 2 is 1.89 bits per heavy atom. The second-order valence-electron chi connectivity index (χ2n) is 3.71. The molecule has 0 aliphatic rings. The van der Waals surface area contributed by atoms with E-state index in [1.54, 1.807) is 12.1 Å². The standard InChI is InChI=1S/C13H9BrCl2FN/c14-11-4-2-9(15)5-13(11)18-7-8-1-3-10(17)6-12(8)16/h1-6,18H,7H2. The molecule has 18 heavy (non-hydrogen) atoms. The number of benzene rings is 2. The molecule has 0 radical (unpaired) electrons. The lowest BCUT2D eigenvalue weighted by atomic mass is 10.2. The van der Waals surface area contributed by atoms with Crippen LogP contribution in [0.4, 0.5) is 10.1 Å². The lowest BCUT2D eigenvalue weighted by molar-refractivity contribution is 0.627. The van der Waals surface area contributed by atoms with Crippen LogP contribution in [-0.2, 0) is 6.54 Å². The maximum atomic E-state index is 12.9. The van der Waals surface area contributed by atoms with Crippen LogP contribution >= 0.6 is 39.1 Å². The number of hydrogen-bond donors (Lipinski definition) is 1. The molecule has 2 aromatic rings. The van der Waals surface area contributed by atoms with Crippen molar-refractivity contribution in [3.05, 3.63) is 62.3 Å². The second kappa shape index (κ2) is 5.91. The van der Waals surface area contributed by atoms with Gasteiger partial charge < -0.3 is 5.32 Å². The molecule has 0 bridgehead atoms. The van der Waals surface area contributed by atoms with Crippen LogP contribution in [-0.4, -0.2) is 0 Å². The first-order valence-electron chi connectivity index (χ1n) is 5.19. The van der Waals surface area contributed by atoms with Crippen molar-refractivity contribution in [3.63, 3.8) is 0 Å². The van der Waals surface area contributed by atoms with Gasteiger partial charge in [0.1, 0.15) is 5.82 Å². The van der Waals surface area contributed by atoms with Crippen LogP contribution in [0.2, 0.25) is 10.0 Å². The van der Waals surface area contributed by atoms with E-state index in [0.717, 1.165) is 15.7 Å². The molecule has 0 amide bonds. The highest BCUT2D eigenvalue weighted by atomic mass is 79.9. The van der Waals surface area contributed by atoms with Crippen LogP contribution in [0, 0.1) is 5.82 Å². The lowest BCUT2D eigenvalue weighted by Crippen LogP contribution is -2.01. The average molecular weight is 349 g/mol. The van der Waals surface area contributed by atoms with Gasteiger partial charge in [0.15, 0.2) is 0 Å². The summed E-state index contributed by atoms with van der Waals surface area (Å²) in [5.74, 6) is -0.340. The Morgan fingerprint density at radius 1 is 1.11 bits per heavy atom. The highest BCUT2D eigenvalue weighted by Gasteiger charge is 2.04. The lowest BCUT2D eigenvalue weighted by Gasteiger charge is -2.10. The van der Waals surface area contributed by atoms with Crippen molar-refractivity contribution in [2.45, 2.75) is 6.54 Å². The molecule has 1 nitrogen and oxygen atoms in total. The molecule has 5 heteroatoms. The molecule has 1 N–H and O–H groups in total. The molecule has 0 aliphatic carbocycles. The Morgan fingerprint density at radius 3 is 2.61 bits per heavy atom. The number of nitrogens with one attached hydrogen (secondary N) is 1. The smallest absolute Gasteiger partial charge is 0.124 e. The molecule has 0 fully saturated rings.